The van der Waals surface area contributed by atoms with Crippen LogP contribution in [0.15, 0.2) is 64.3 Å². The van der Waals surface area contributed by atoms with Gasteiger partial charge >= 0.3 is 5.97 Å². The molecule has 2 heterocycles. The van der Waals surface area contributed by atoms with Gasteiger partial charge in [-0.1, -0.05) is 35.9 Å². The number of ketones is 1. The molecule has 0 fully saturated rings. The summed E-state index contributed by atoms with van der Waals surface area (Å²) in [6.07, 6.45) is 1.02. The summed E-state index contributed by atoms with van der Waals surface area (Å²) < 4.78 is 10.4. The number of methoxy groups -OCH3 is 1. The predicted molar refractivity (Wildman–Crippen MR) is 121 cm³/mol. The van der Waals surface area contributed by atoms with Crippen LogP contribution in [0.25, 0.3) is 0 Å². The Kier molecular flexibility index (Phi) is 6.60. The Morgan fingerprint density at radius 3 is 2.71 bits per heavy atom. The molecule has 5 nitrogen and oxygen atoms in total. The second-order valence-electron chi connectivity index (χ2n) is 7.68. The normalized spacial score (nSPS) is 21.1. The van der Waals surface area contributed by atoms with Crippen LogP contribution in [-0.2, 0) is 19.1 Å². The fourth-order valence-electron chi connectivity index (χ4n) is 4.37. The van der Waals surface area contributed by atoms with Gasteiger partial charge in [0.1, 0.15) is 6.61 Å². The monoisotopic (exact) mass is 457 g/mol. The van der Waals surface area contributed by atoms with E-state index in [4.69, 9.17) is 21.1 Å². The minimum atomic E-state index is -0.425. The zero-order valence-corrected chi connectivity index (χ0v) is 19.0. The number of thiophene rings is 1. The lowest BCUT2D eigenvalue weighted by Crippen LogP contribution is -2.36. The molecule has 162 valence electrons. The first kappa shape index (κ1) is 21.8. The van der Waals surface area contributed by atoms with Crippen molar-refractivity contribution in [2.75, 3.05) is 20.3 Å². The van der Waals surface area contributed by atoms with Crippen molar-refractivity contribution in [2.45, 2.75) is 31.6 Å². The lowest BCUT2D eigenvalue weighted by molar-refractivity contribution is -0.140. The number of ether oxygens (including phenoxy) is 2. The Morgan fingerprint density at radius 1 is 1.19 bits per heavy atom. The highest BCUT2D eigenvalue weighted by Gasteiger charge is 2.42. The van der Waals surface area contributed by atoms with Gasteiger partial charge in [0.25, 0.3) is 0 Å². The maximum absolute atomic E-state index is 13.4. The summed E-state index contributed by atoms with van der Waals surface area (Å²) in [5.74, 6) is -0.815. The van der Waals surface area contributed by atoms with Crippen LogP contribution in [0, 0.1) is 0 Å². The second kappa shape index (κ2) is 9.39. The average molecular weight is 458 g/mol. The number of carbonyl (C=O) groups excluding carboxylic acids is 2. The molecule has 1 aliphatic carbocycles. The summed E-state index contributed by atoms with van der Waals surface area (Å²) in [6, 6.07) is 11.6. The van der Waals surface area contributed by atoms with Crippen molar-refractivity contribution in [3.63, 3.8) is 0 Å². The number of esters is 1. The zero-order chi connectivity index (χ0) is 22.0. The van der Waals surface area contributed by atoms with E-state index in [0.717, 1.165) is 16.1 Å². The van der Waals surface area contributed by atoms with Crippen LogP contribution >= 0.6 is 22.9 Å². The SMILES string of the molecule is COCCOC(=O)C1=C(C)NC2=C(C(=O)C[C@@H](c3ccccc3Cl)C2)[C@H]1c1cccs1. The summed E-state index contributed by atoms with van der Waals surface area (Å²) >= 11 is 7.95. The number of carbonyl (C=O) groups is 2. The number of benzene rings is 1. The van der Waals surface area contributed by atoms with Gasteiger partial charge in [-0.2, -0.15) is 0 Å². The number of Topliss-reactive ketones (excluding diaryl/α,β-unsaturated/α-hetero) is 1. The van der Waals surface area contributed by atoms with Gasteiger partial charge in [0.2, 0.25) is 0 Å². The molecule has 2 aliphatic rings. The molecule has 4 rings (SSSR count). The predicted octanol–water partition coefficient (Wildman–Crippen LogP) is 4.95. The largest absolute Gasteiger partial charge is 0.460 e. The number of allylic oxidation sites excluding steroid dienone is 3. The Morgan fingerprint density at radius 2 is 2.00 bits per heavy atom. The Labute approximate surface area is 190 Å². The lowest BCUT2D eigenvalue weighted by atomic mass is 9.73. The van der Waals surface area contributed by atoms with Gasteiger partial charge in [-0.25, -0.2) is 4.79 Å². The molecular weight excluding hydrogens is 434 g/mol. The second-order valence-corrected chi connectivity index (χ2v) is 9.07. The number of dihydropyridines is 1. The first-order valence-electron chi connectivity index (χ1n) is 10.2. The highest BCUT2D eigenvalue weighted by molar-refractivity contribution is 7.10. The van der Waals surface area contributed by atoms with Gasteiger partial charge in [0.05, 0.1) is 18.1 Å². The van der Waals surface area contributed by atoms with Crippen LogP contribution in [0.2, 0.25) is 5.02 Å². The molecular formula is C24H24ClNO4S. The van der Waals surface area contributed by atoms with Crippen molar-refractivity contribution in [3.8, 4) is 0 Å². The number of hydrogen-bond donors (Lipinski definition) is 1. The number of hydrogen-bond acceptors (Lipinski definition) is 6. The molecule has 2 aromatic rings. The lowest BCUT2D eigenvalue weighted by Gasteiger charge is -2.36. The molecule has 0 spiro atoms. The molecule has 0 radical (unpaired) electrons. The molecule has 31 heavy (non-hydrogen) atoms. The van der Waals surface area contributed by atoms with Crippen molar-refractivity contribution >= 4 is 34.7 Å². The van der Waals surface area contributed by atoms with Crippen molar-refractivity contribution in [3.05, 3.63) is 79.8 Å². The van der Waals surface area contributed by atoms with E-state index in [9.17, 15) is 9.59 Å². The summed E-state index contributed by atoms with van der Waals surface area (Å²) in [5.41, 5.74) is 3.71. The maximum atomic E-state index is 13.4. The fraction of sp³-hybridized carbons (Fsp3) is 0.333. The van der Waals surface area contributed by atoms with E-state index >= 15 is 0 Å². The van der Waals surface area contributed by atoms with Crippen molar-refractivity contribution in [1.82, 2.24) is 5.32 Å². The highest BCUT2D eigenvalue weighted by atomic mass is 35.5. The highest BCUT2D eigenvalue weighted by Crippen LogP contribution is 2.47. The first-order valence-corrected chi connectivity index (χ1v) is 11.4. The molecule has 1 N–H and O–H groups in total. The molecule has 1 aliphatic heterocycles. The smallest absolute Gasteiger partial charge is 0.336 e. The first-order chi connectivity index (χ1) is 15.0. The third-order valence-electron chi connectivity index (χ3n) is 5.74. The summed E-state index contributed by atoms with van der Waals surface area (Å²) in [5, 5.41) is 5.98. The van der Waals surface area contributed by atoms with E-state index in [1.165, 1.54) is 11.3 Å². The summed E-state index contributed by atoms with van der Waals surface area (Å²) in [6.45, 7) is 2.35. The molecule has 7 heteroatoms. The van der Waals surface area contributed by atoms with Crippen LogP contribution in [0.4, 0.5) is 0 Å². The maximum Gasteiger partial charge on any atom is 0.336 e. The van der Waals surface area contributed by atoms with Crippen LogP contribution < -0.4 is 5.32 Å². The summed E-state index contributed by atoms with van der Waals surface area (Å²) in [7, 11) is 1.56. The van der Waals surface area contributed by atoms with Gasteiger partial charge in [-0.3, -0.25) is 4.79 Å². The number of halogens is 1. The van der Waals surface area contributed by atoms with Crippen LogP contribution in [0.3, 0.4) is 0 Å². The molecule has 0 amide bonds. The third-order valence-corrected chi connectivity index (χ3v) is 7.02. The zero-order valence-electron chi connectivity index (χ0n) is 17.4. The molecule has 0 saturated carbocycles. The molecule has 1 aromatic heterocycles. The standard InChI is InChI=1S/C24H24ClNO4S/c1-14-21(24(28)30-10-9-29-2)23(20-8-5-11-31-20)22-18(26-14)12-15(13-19(22)27)16-6-3-4-7-17(16)25/h3-8,11,15,23,26H,9-10,12-13H2,1-2H3/t15-,23-/m0/s1. The van der Waals surface area contributed by atoms with E-state index in [-0.39, 0.29) is 18.3 Å². The Bertz CT molecular complexity index is 1060. The number of nitrogens with one attached hydrogen (secondary N) is 1. The van der Waals surface area contributed by atoms with Gasteiger partial charge in [-0.15, -0.1) is 11.3 Å². The van der Waals surface area contributed by atoms with E-state index in [1.807, 2.05) is 48.7 Å². The van der Waals surface area contributed by atoms with Crippen molar-refractivity contribution in [1.29, 1.82) is 0 Å². The molecule has 2 atom stereocenters. The van der Waals surface area contributed by atoms with Crippen LogP contribution in [-0.4, -0.2) is 32.1 Å². The number of rotatable bonds is 6. The minimum absolute atomic E-state index is 0.000518. The molecule has 0 saturated heterocycles. The van der Waals surface area contributed by atoms with Gasteiger partial charge in [0.15, 0.2) is 5.78 Å². The Balaban J connectivity index is 1.72. The molecule has 0 unspecified atom stereocenters. The van der Waals surface area contributed by atoms with E-state index in [0.29, 0.717) is 41.3 Å². The van der Waals surface area contributed by atoms with Gasteiger partial charge < -0.3 is 14.8 Å². The van der Waals surface area contributed by atoms with E-state index in [2.05, 4.69) is 5.32 Å². The quantitative estimate of drug-likeness (QED) is 0.491. The molecule has 1 aromatic carbocycles. The fourth-order valence-corrected chi connectivity index (χ4v) is 5.50. The van der Waals surface area contributed by atoms with E-state index in [1.54, 1.807) is 7.11 Å². The Hall–Kier alpha value is -2.41. The van der Waals surface area contributed by atoms with Crippen molar-refractivity contribution in [2.24, 2.45) is 0 Å². The topological polar surface area (TPSA) is 64.6 Å². The van der Waals surface area contributed by atoms with E-state index < -0.39 is 11.9 Å². The van der Waals surface area contributed by atoms with Crippen LogP contribution in [0.1, 0.15) is 42.0 Å². The van der Waals surface area contributed by atoms with Crippen LogP contribution in [0.5, 0.6) is 0 Å². The van der Waals surface area contributed by atoms with Crippen molar-refractivity contribution < 1.29 is 19.1 Å². The third kappa shape index (κ3) is 4.33. The van der Waals surface area contributed by atoms with Gasteiger partial charge in [0, 0.05) is 40.4 Å². The minimum Gasteiger partial charge on any atom is -0.460 e. The summed E-state index contributed by atoms with van der Waals surface area (Å²) in [4.78, 5) is 27.4. The average Bonchev–Trinajstić information content (AvgIpc) is 3.27. The van der Waals surface area contributed by atoms with Gasteiger partial charge in [-0.05, 0) is 42.3 Å². The molecule has 0 bridgehead atoms.